The zero-order valence-corrected chi connectivity index (χ0v) is 19.1. The number of rotatable bonds is 5. The van der Waals surface area contributed by atoms with Crippen LogP contribution in [0, 0.1) is 11.8 Å². The van der Waals surface area contributed by atoms with Crippen LogP contribution < -0.4 is 10.6 Å². The number of guanidine groups is 1. The molecule has 1 saturated carbocycles. The van der Waals surface area contributed by atoms with Crippen LogP contribution in [-0.4, -0.2) is 75.2 Å². The predicted octanol–water partition coefficient (Wildman–Crippen LogP) is 2.62. The van der Waals surface area contributed by atoms with Gasteiger partial charge < -0.3 is 20.4 Å². The van der Waals surface area contributed by atoms with Gasteiger partial charge in [-0.05, 0) is 64.1 Å². The Bertz CT molecular complexity index is 380. The van der Waals surface area contributed by atoms with Gasteiger partial charge in [0.05, 0.1) is 0 Å². The molecule has 5 nitrogen and oxygen atoms in total. The van der Waals surface area contributed by atoms with E-state index in [0.29, 0.717) is 6.04 Å². The highest BCUT2D eigenvalue weighted by Gasteiger charge is 2.23. The lowest BCUT2D eigenvalue weighted by Gasteiger charge is -2.32. The van der Waals surface area contributed by atoms with Crippen molar-refractivity contribution in [2.45, 2.75) is 52.0 Å². The first-order chi connectivity index (χ1) is 11.6. The van der Waals surface area contributed by atoms with Crippen molar-refractivity contribution in [2.75, 3.05) is 53.4 Å². The quantitative estimate of drug-likeness (QED) is 0.372. The van der Waals surface area contributed by atoms with Gasteiger partial charge in [0.15, 0.2) is 5.96 Å². The molecular formula is C19H40IN5. The molecule has 1 aliphatic heterocycles. The van der Waals surface area contributed by atoms with E-state index in [1.807, 2.05) is 7.05 Å². The first-order valence-electron chi connectivity index (χ1n) is 9.96. The maximum atomic E-state index is 4.42. The van der Waals surface area contributed by atoms with Crippen molar-refractivity contribution in [1.29, 1.82) is 0 Å². The second-order valence-electron chi connectivity index (χ2n) is 8.00. The van der Waals surface area contributed by atoms with Crippen LogP contribution in [0.2, 0.25) is 0 Å². The highest BCUT2D eigenvalue weighted by atomic mass is 127. The van der Waals surface area contributed by atoms with E-state index in [-0.39, 0.29) is 24.0 Å². The van der Waals surface area contributed by atoms with Crippen LogP contribution in [0.15, 0.2) is 4.99 Å². The SMILES string of the molecule is CN=C(NCCN1CCCN(C)CC1)NC1CCC(C(C)C)CC1.I. The lowest BCUT2D eigenvalue weighted by Crippen LogP contribution is -2.47. The van der Waals surface area contributed by atoms with Crippen molar-refractivity contribution < 1.29 is 0 Å². The third-order valence-electron chi connectivity index (χ3n) is 5.81. The van der Waals surface area contributed by atoms with Crippen LogP contribution in [0.5, 0.6) is 0 Å². The molecule has 0 atom stereocenters. The fourth-order valence-electron chi connectivity index (χ4n) is 3.97. The van der Waals surface area contributed by atoms with Gasteiger partial charge in [-0.25, -0.2) is 0 Å². The standard InChI is InChI=1S/C19H39N5.HI/c1-16(2)17-6-8-18(9-7-17)22-19(20-3)21-10-13-24-12-5-11-23(4)14-15-24;/h16-18H,5-15H2,1-4H3,(H2,20,21,22);1H. The van der Waals surface area contributed by atoms with E-state index >= 15 is 0 Å². The van der Waals surface area contributed by atoms with Gasteiger partial charge in [0.25, 0.3) is 0 Å². The summed E-state index contributed by atoms with van der Waals surface area (Å²) in [6.45, 7) is 11.6. The number of halogens is 1. The van der Waals surface area contributed by atoms with Gasteiger partial charge in [0.2, 0.25) is 0 Å². The monoisotopic (exact) mass is 465 g/mol. The van der Waals surface area contributed by atoms with Crippen molar-refractivity contribution in [2.24, 2.45) is 16.8 Å². The molecule has 1 saturated heterocycles. The average Bonchev–Trinajstić information content (AvgIpc) is 2.79. The molecule has 2 fully saturated rings. The first kappa shape index (κ1) is 23.0. The molecule has 1 heterocycles. The average molecular weight is 465 g/mol. The van der Waals surface area contributed by atoms with Crippen molar-refractivity contribution in [1.82, 2.24) is 20.4 Å². The van der Waals surface area contributed by atoms with Gasteiger partial charge in [-0.15, -0.1) is 24.0 Å². The molecule has 0 aromatic rings. The van der Waals surface area contributed by atoms with Crippen molar-refractivity contribution in [3.05, 3.63) is 0 Å². The molecule has 0 bridgehead atoms. The zero-order valence-electron chi connectivity index (χ0n) is 16.8. The van der Waals surface area contributed by atoms with Gasteiger partial charge in [-0.2, -0.15) is 0 Å². The number of hydrogen-bond donors (Lipinski definition) is 2. The molecule has 0 spiro atoms. The van der Waals surface area contributed by atoms with E-state index in [1.165, 1.54) is 58.3 Å². The Hall–Kier alpha value is -0.0800. The van der Waals surface area contributed by atoms with Crippen molar-refractivity contribution >= 4 is 29.9 Å². The number of hydrogen-bond acceptors (Lipinski definition) is 3. The molecule has 1 aliphatic carbocycles. The van der Waals surface area contributed by atoms with E-state index < -0.39 is 0 Å². The van der Waals surface area contributed by atoms with Crippen LogP contribution in [0.25, 0.3) is 0 Å². The van der Waals surface area contributed by atoms with E-state index in [0.717, 1.165) is 30.9 Å². The van der Waals surface area contributed by atoms with E-state index in [1.54, 1.807) is 0 Å². The Morgan fingerprint density at radius 3 is 2.44 bits per heavy atom. The molecule has 0 aromatic heterocycles. The maximum Gasteiger partial charge on any atom is 0.191 e. The molecule has 0 aromatic carbocycles. The molecule has 6 heteroatoms. The highest BCUT2D eigenvalue weighted by molar-refractivity contribution is 14.0. The summed E-state index contributed by atoms with van der Waals surface area (Å²) >= 11 is 0. The molecule has 0 radical (unpaired) electrons. The lowest BCUT2D eigenvalue weighted by molar-refractivity contribution is 0.249. The van der Waals surface area contributed by atoms with Gasteiger partial charge in [-0.1, -0.05) is 13.8 Å². The van der Waals surface area contributed by atoms with Crippen molar-refractivity contribution in [3.8, 4) is 0 Å². The van der Waals surface area contributed by atoms with Crippen LogP contribution in [-0.2, 0) is 0 Å². The van der Waals surface area contributed by atoms with E-state index in [9.17, 15) is 0 Å². The normalized spacial score (nSPS) is 26.8. The summed E-state index contributed by atoms with van der Waals surface area (Å²) < 4.78 is 0. The number of nitrogens with one attached hydrogen (secondary N) is 2. The predicted molar refractivity (Wildman–Crippen MR) is 119 cm³/mol. The van der Waals surface area contributed by atoms with E-state index in [2.05, 4.69) is 46.3 Å². The molecule has 25 heavy (non-hydrogen) atoms. The summed E-state index contributed by atoms with van der Waals surface area (Å²) in [5, 5.41) is 7.15. The van der Waals surface area contributed by atoms with Crippen LogP contribution in [0.1, 0.15) is 46.0 Å². The molecule has 0 amide bonds. The summed E-state index contributed by atoms with van der Waals surface area (Å²) in [4.78, 5) is 9.42. The molecule has 0 unspecified atom stereocenters. The summed E-state index contributed by atoms with van der Waals surface area (Å²) in [5.41, 5.74) is 0. The highest BCUT2D eigenvalue weighted by Crippen LogP contribution is 2.29. The number of aliphatic imine (C=N–C) groups is 1. The summed E-state index contributed by atoms with van der Waals surface area (Å²) in [6.07, 6.45) is 6.55. The van der Waals surface area contributed by atoms with Gasteiger partial charge in [0.1, 0.15) is 0 Å². The minimum atomic E-state index is 0. The largest absolute Gasteiger partial charge is 0.355 e. The van der Waals surface area contributed by atoms with Crippen LogP contribution in [0.4, 0.5) is 0 Å². The minimum absolute atomic E-state index is 0. The summed E-state index contributed by atoms with van der Waals surface area (Å²) in [6, 6.07) is 0.595. The Morgan fingerprint density at radius 2 is 1.80 bits per heavy atom. The number of likely N-dealkylation sites (N-methyl/N-ethyl adjacent to an activating group) is 1. The topological polar surface area (TPSA) is 42.9 Å². The first-order valence-corrected chi connectivity index (χ1v) is 9.96. The number of nitrogens with zero attached hydrogens (tertiary/aromatic N) is 3. The fourth-order valence-corrected chi connectivity index (χ4v) is 3.97. The minimum Gasteiger partial charge on any atom is -0.355 e. The van der Waals surface area contributed by atoms with Gasteiger partial charge >= 0.3 is 0 Å². The third kappa shape index (κ3) is 8.43. The molecule has 2 N–H and O–H groups in total. The molecular weight excluding hydrogens is 425 g/mol. The second kappa shape index (κ2) is 12.3. The second-order valence-corrected chi connectivity index (χ2v) is 8.00. The smallest absolute Gasteiger partial charge is 0.191 e. The van der Waals surface area contributed by atoms with Gasteiger partial charge in [0, 0.05) is 39.3 Å². The fraction of sp³-hybridized carbons (Fsp3) is 0.947. The summed E-state index contributed by atoms with van der Waals surface area (Å²) in [7, 11) is 4.11. The van der Waals surface area contributed by atoms with Crippen LogP contribution in [0.3, 0.4) is 0 Å². The van der Waals surface area contributed by atoms with E-state index in [4.69, 9.17) is 0 Å². The zero-order chi connectivity index (χ0) is 17.4. The third-order valence-corrected chi connectivity index (χ3v) is 5.81. The molecule has 2 rings (SSSR count). The van der Waals surface area contributed by atoms with Crippen molar-refractivity contribution in [3.63, 3.8) is 0 Å². The van der Waals surface area contributed by atoms with Crippen LogP contribution >= 0.6 is 24.0 Å². The lowest BCUT2D eigenvalue weighted by atomic mass is 9.80. The Labute approximate surface area is 172 Å². The van der Waals surface area contributed by atoms with Gasteiger partial charge in [-0.3, -0.25) is 4.99 Å². The maximum absolute atomic E-state index is 4.42. The Morgan fingerprint density at radius 1 is 1.08 bits per heavy atom. The summed E-state index contributed by atoms with van der Waals surface area (Å²) in [5.74, 6) is 2.73. The molecule has 148 valence electrons. The molecule has 2 aliphatic rings. The Balaban J connectivity index is 0.00000312. The Kier molecular flexibility index (Phi) is 11.3.